The maximum absolute atomic E-state index is 13.5. The van der Waals surface area contributed by atoms with E-state index in [9.17, 15) is 4.39 Å². The topological polar surface area (TPSA) is 64.9 Å². The number of nitrogen functional groups attached to an aromatic ring is 1. The number of benzene rings is 1. The Morgan fingerprint density at radius 2 is 2.28 bits per heavy atom. The third-order valence-corrected chi connectivity index (χ3v) is 3.77. The molecule has 1 aliphatic carbocycles. The van der Waals surface area contributed by atoms with Crippen LogP contribution in [0.3, 0.4) is 0 Å². The van der Waals surface area contributed by atoms with Crippen LogP contribution in [-0.4, -0.2) is 10.1 Å². The lowest BCUT2D eigenvalue weighted by Crippen LogP contribution is -1.89. The highest BCUT2D eigenvalue weighted by molar-refractivity contribution is 7.98. The number of hydrogen-bond acceptors (Lipinski definition) is 5. The van der Waals surface area contributed by atoms with Gasteiger partial charge in [-0.3, -0.25) is 0 Å². The van der Waals surface area contributed by atoms with Crippen molar-refractivity contribution in [2.24, 2.45) is 0 Å². The molecule has 1 aromatic carbocycles. The van der Waals surface area contributed by atoms with Crippen molar-refractivity contribution in [3.05, 3.63) is 35.7 Å². The molecule has 0 bridgehead atoms. The van der Waals surface area contributed by atoms with Crippen LogP contribution >= 0.6 is 11.8 Å². The number of halogens is 1. The number of nitrogens with two attached hydrogens (primary N) is 1. The van der Waals surface area contributed by atoms with Crippen LogP contribution in [0.2, 0.25) is 0 Å². The van der Waals surface area contributed by atoms with Gasteiger partial charge in [-0.1, -0.05) is 5.16 Å². The molecule has 0 amide bonds. The Morgan fingerprint density at radius 1 is 1.44 bits per heavy atom. The van der Waals surface area contributed by atoms with Crippen LogP contribution in [0, 0.1) is 5.82 Å². The maximum atomic E-state index is 13.5. The van der Waals surface area contributed by atoms with E-state index in [-0.39, 0.29) is 5.82 Å². The van der Waals surface area contributed by atoms with Gasteiger partial charge in [0.05, 0.1) is 5.75 Å². The van der Waals surface area contributed by atoms with Gasteiger partial charge in [0.15, 0.2) is 5.82 Å². The zero-order valence-electron chi connectivity index (χ0n) is 9.60. The average molecular weight is 265 g/mol. The SMILES string of the molecule is Nc1ccc(SCc2nc(C3CC3)no2)c(F)c1. The molecular formula is C12H12FN3OS. The summed E-state index contributed by atoms with van der Waals surface area (Å²) in [5.74, 6) is 1.95. The molecule has 0 aliphatic heterocycles. The van der Waals surface area contributed by atoms with Crippen molar-refractivity contribution >= 4 is 17.4 Å². The predicted octanol–water partition coefficient (Wildman–Crippen LogP) is 2.96. The van der Waals surface area contributed by atoms with Gasteiger partial charge in [0, 0.05) is 16.5 Å². The van der Waals surface area contributed by atoms with Crippen LogP contribution in [0.25, 0.3) is 0 Å². The van der Waals surface area contributed by atoms with Crippen LogP contribution in [-0.2, 0) is 5.75 Å². The molecule has 94 valence electrons. The lowest BCUT2D eigenvalue weighted by Gasteiger charge is -2.01. The molecule has 0 saturated heterocycles. The van der Waals surface area contributed by atoms with Crippen LogP contribution in [0.1, 0.15) is 30.5 Å². The first-order valence-corrected chi connectivity index (χ1v) is 6.71. The van der Waals surface area contributed by atoms with Gasteiger partial charge in [0.1, 0.15) is 5.82 Å². The lowest BCUT2D eigenvalue weighted by atomic mass is 10.3. The zero-order valence-corrected chi connectivity index (χ0v) is 10.4. The van der Waals surface area contributed by atoms with Crippen molar-refractivity contribution in [2.45, 2.75) is 29.4 Å². The van der Waals surface area contributed by atoms with E-state index in [2.05, 4.69) is 10.1 Å². The Labute approximate surface area is 108 Å². The van der Waals surface area contributed by atoms with Crippen LogP contribution < -0.4 is 5.73 Å². The monoisotopic (exact) mass is 265 g/mol. The maximum Gasteiger partial charge on any atom is 0.237 e. The summed E-state index contributed by atoms with van der Waals surface area (Å²) in [6, 6.07) is 4.65. The first-order valence-electron chi connectivity index (χ1n) is 5.72. The summed E-state index contributed by atoms with van der Waals surface area (Å²) in [4.78, 5) is 4.83. The minimum Gasteiger partial charge on any atom is -0.399 e. The molecule has 0 spiro atoms. The average Bonchev–Trinajstić information content (AvgIpc) is 3.08. The number of thioether (sulfide) groups is 1. The van der Waals surface area contributed by atoms with Crippen LogP contribution in [0.5, 0.6) is 0 Å². The molecule has 1 heterocycles. The van der Waals surface area contributed by atoms with E-state index in [1.54, 1.807) is 12.1 Å². The molecule has 1 aromatic heterocycles. The first-order chi connectivity index (χ1) is 8.72. The van der Waals surface area contributed by atoms with E-state index in [0.29, 0.717) is 28.1 Å². The molecule has 0 radical (unpaired) electrons. The number of rotatable bonds is 4. The highest BCUT2D eigenvalue weighted by atomic mass is 32.2. The van der Waals surface area contributed by atoms with Crippen molar-refractivity contribution in [3.8, 4) is 0 Å². The minimum absolute atomic E-state index is 0.318. The van der Waals surface area contributed by atoms with Crippen LogP contribution in [0.15, 0.2) is 27.6 Å². The largest absolute Gasteiger partial charge is 0.399 e. The molecule has 4 nitrogen and oxygen atoms in total. The quantitative estimate of drug-likeness (QED) is 0.680. The fraction of sp³-hybridized carbons (Fsp3) is 0.333. The van der Waals surface area contributed by atoms with E-state index in [0.717, 1.165) is 18.7 Å². The smallest absolute Gasteiger partial charge is 0.237 e. The minimum atomic E-state index is -0.318. The molecule has 0 unspecified atom stereocenters. The fourth-order valence-electron chi connectivity index (χ4n) is 1.61. The van der Waals surface area contributed by atoms with Gasteiger partial charge in [0.2, 0.25) is 5.89 Å². The summed E-state index contributed by atoms with van der Waals surface area (Å²) in [5.41, 5.74) is 5.91. The number of nitrogens with zero attached hydrogens (tertiary/aromatic N) is 2. The highest BCUT2D eigenvalue weighted by Gasteiger charge is 2.28. The molecular weight excluding hydrogens is 253 g/mol. The van der Waals surface area contributed by atoms with Gasteiger partial charge < -0.3 is 10.3 Å². The van der Waals surface area contributed by atoms with E-state index >= 15 is 0 Å². The molecule has 6 heteroatoms. The summed E-state index contributed by atoms with van der Waals surface area (Å²) in [6.07, 6.45) is 2.28. The Hall–Kier alpha value is -1.56. The third kappa shape index (κ3) is 2.48. The molecule has 1 aliphatic rings. The molecule has 3 rings (SSSR count). The number of hydrogen-bond donors (Lipinski definition) is 1. The highest BCUT2D eigenvalue weighted by Crippen LogP contribution is 2.38. The number of aromatic nitrogens is 2. The standard InChI is InChI=1S/C12H12FN3OS/c13-9-5-8(14)3-4-10(9)18-6-11-15-12(16-17-11)7-1-2-7/h3-5,7H,1-2,6,14H2. The van der Waals surface area contributed by atoms with Crippen molar-refractivity contribution in [2.75, 3.05) is 5.73 Å². The molecule has 2 N–H and O–H groups in total. The van der Waals surface area contributed by atoms with Crippen LogP contribution in [0.4, 0.5) is 10.1 Å². The Morgan fingerprint density at radius 3 is 3.00 bits per heavy atom. The second-order valence-electron chi connectivity index (χ2n) is 4.30. The number of anilines is 1. The summed E-state index contributed by atoms with van der Waals surface area (Å²) in [7, 11) is 0. The van der Waals surface area contributed by atoms with Gasteiger partial charge in [-0.2, -0.15) is 4.98 Å². The van der Waals surface area contributed by atoms with E-state index in [1.165, 1.54) is 17.8 Å². The molecule has 18 heavy (non-hydrogen) atoms. The summed E-state index contributed by atoms with van der Waals surface area (Å²) >= 11 is 1.33. The molecule has 1 saturated carbocycles. The van der Waals surface area contributed by atoms with Gasteiger partial charge in [-0.25, -0.2) is 4.39 Å². The van der Waals surface area contributed by atoms with Crippen molar-refractivity contribution in [3.63, 3.8) is 0 Å². The van der Waals surface area contributed by atoms with Crippen molar-refractivity contribution < 1.29 is 8.91 Å². The Balaban J connectivity index is 1.65. The second kappa shape index (κ2) is 4.61. The van der Waals surface area contributed by atoms with Crippen molar-refractivity contribution in [1.29, 1.82) is 0 Å². The summed E-state index contributed by atoms with van der Waals surface area (Å²) in [5, 5.41) is 3.91. The summed E-state index contributed by atoms with van der Waals surface area (Å²) in [6.45, 7) is 0. The van der Waals surface area contributed by atoms with Gasteiger partial charge >= 0.3 is 0 Å². The van der Waals surface area contributed by atoms with Gasteiger partial charge in [-0.05, 0) is 31.0 Å². The van der Waals surface area contributed by atoms with Gasteiger partial charge in [-0.15, -0.1) is 11.8 Å². The first kappa shape index (κ1) is 11.5. The normalized spacial score (nSPS) is 14.9. The Kier molecular flexibility index (Phi) is 2.95. The van der Waals surface area contributed by atoms with Crippen molar-refractivity contribution in [1.82, 2.24) is 10.1 Å². The zero-order chi connectivity index (χ0) is 12.5. The Bertz CT molecular complexity index is 568. The predicted molar refractivity (Wildman–Crippen MR) is 66.6 cm³/mol. The summed E-state index contributed by atoms with van der Waals surface area (Å²) < 4.78 is 18.7. The molecule has 0 atom stereocenters. The van der Waals surface area contributed by atoms with Gasteiger partial charge in [0.25, 0.3) is 0 Å². The molecule has 1 fully saturated rings. The lowest BCUT2D eigenvalue weighted by molar-refractivity contribution is 0.385. The van der Waals surface area contributed by atoms with E-state index < -0.39 is 0 Å². The second-order valence-corrected chi connectivity index (χ2v) is 5.32. The fourth-order valence-corrected chi connectivity index (χ4v) is 2.36. The molecule has 2 aromatic rings. The van der Waals surface area contributed by atoms with E-state index in [4.69, 9.17) is 10.3 Å². The third-order valence-electron chi connectivity index (χ3n) is 2.73. The van der Waals surface area contributed by atoms with E-state index in [1.807, 2.05) is 0 Å².